The molecule has 0 fully saturated rings. The van der Waals surface area contributed by atoms with Gasteiger partial charge in [-0.25, -0.2) is 0 Å². The Bertz CT molecular complexity index is 2780. The van der Waals surface area contributed by atoms with Gasteiger partial charge in [-0.1, -0.05) is 146 Å². The third-order valence-corrected chi connectivity index (χ3v) is 10.1. The molecule has 10 rings (SSSR count). The number of fused-ring (bicyclic) bond motifs is 6. The van der Waals surface area contributed by atoms with Gasteiger partial charge in [0.2, 0.25) is 0 Å². The van der Waals surface area contributed by atoms with Crippen LogP contribution in [0.5, 0.6) is 0 Å². The van der Waals surface area contributed by atoms with E-state index in [1.165, 1.54) is 77.0 Å². The van der Waals surface area contributed by atoms with Crippen LogP contribution in [0.4, 0.5) is 0 Å². The lowest BCUT2D eigenvalue weighted by atomic mass is 9.96. The highest BCUT2D eigenvalue weighted by molar-refractivity contribution is 6.20. The van der Waals surface area contributed by atoms with E-state index in [0.717, 1.165) is 11.4 Å². The number of hydrogen-bond acceptors (Lipinski definition) is 0. The van der Waals surface area contributed by atoms with Crippen LogP contribution in [0.25, 0.3) is 88.4 Å². The Balaban J connectivity index is 1.32. The molecular formula is C48H32N2. The van der Waals surface area contributed by atoms with Crippen molar-refractivity contribution in [1.82, 2.24) is 9.13 Å². The van der Waals surface area contributed by atoms with Gasteiger partial charge in [-0.3, -0.25) is 0 Å². The van der Waals surface area contributed by atoms with Gasteiger partial charge in [-0.2, -0.15) is 0 Å². The lowest BCUT2D eigenvalue weighted by molar-refractivity contribution is 1.18. The predicted molar refractivity (Wildman–Crippen MR) is 211 cm³/mol. The molecule has 0 aliphatic carbocycles. The SMILES string of the molecule is c1ccc(-c2cc(-c3ccccc3)cc(-n3c4ccccc4c4cccc(-c5cccc6c5c5ccccc5n6-c5ccccc5)c43)c2)cc1. The minimum atomic E-state index is 1.14. The zero-order chi connectivity index (χ0) is 33.0. The van der Waals surface area contributed by atoms with Gasteiger partial charge in [0.15, 0.2) is 0 Å². The first-order valence-electron chi connectivity index (χ1n) is 17.2. The molecule has 2 heterocycles. The molecule has 2 nitrogen and oxygen atoms in total. The molecule has 0 aliphatic heterocycles. The molecular weight excluding hydrogens is 605 g/mol. The van der Waals surface area contributed by atoms with Crippen LogP contribution in [0.1, 0.15) is 0 Å². The Morgan fingerprint density at radius 2 is 0.780 bits per heavy atom. The highest BCUT2D eigenvalue weighted by Gasteiger charge is 2.21. The molecule has 0 saturated heterocycles. The summed E-state index contributed by atoms with van der Waals surface area (Å²) in [6, 6.07) is 70.4. The van der Waals surface area contributed by atoms with E-state index in [9.17, 15) is 0 Å². The molecule has 2 heteroatoms. The van der Waals surface area contributed by atoms with Crippen molar-refractivity contribution < 1.29 is 0 Å². The van der Waals surface area contributed by atoms with Gasteiger partial charge >= 0.3 is 0 Å². The van der Waals surface area contributed by atoms with Gasteiger partial charge in [-0.05, 0) is 76.3 Å². The summed E-state index contributed by atoms with van der Waals surface area (Å²) in [5.74, 6) is 0. The quantitative estimate of drug-likeness (QED) is 0.178. The van der Waals surface area contributed by atoms with Crippen molar-refractivity contribution in [2.24, 2.45) is 0 Å². The van der Waals surface area contributed by atoms with Gasteiger partial charge in [-0.15, -0.1) is 0 Å². The highest BCUT2D eigenvalue weighted by Crippen LogP contribution is 2.44. The monoisotopic (exact) mass is 636 g/mol. The fourth-order valence-corrected chi connectivity index (χ4v) is 7.94. The Hall–Kier alpha value is -6.64. The molecule has 0 atom stereocenters. The van der Waals surface area contributed by atoms with Crippen molar-refractivity contribution in [3.8, 4) is 44.8 Å². The fraction of sp³-hybridized carbons (Fsp3) is 0. The van der Waals surface area contributed by atoms with Crippen LogP contribution in [-0.4, -0.2) is 9.13 Å². The third-order valence-electron chi connectivity index (χ3n) is 10.1. The normalized spacial score (nSPS) is 11.6. The van der Waals surface area contributed by atoms with Crippen LogP contribution in [0.15, 0.2) is 194 Å². The van der Waals surface area contributed by atoms with E-state index in [4.69, 9.17) is 0 Å². The first kappa shape index (κ1) is 28.4. The Labute approximate surface area is 290 Å². The molecule has 0 unspecified atom stereocenters. The summed E-state index contributed by atoms with van der Waals surface area (Å²) in [6.07, 6.45) is 0. The maximum absolute atomic E-state index is 2.49. The van der Waals surface area contributed by atoms with Gasteiger partial charge in [0.25, 0.3) is 0 Å². The van der Waals surface area contributed by atoms with Crippen molar-refractivity contribution >= 4 is 43.6 Å². The average Bonchev–Trinajstić information content (AvgIpc) is 3.72. The van der Waals surface area contributed by atoms with Crippen LogP contribution in [0, 0.1) is 0 Å². The number of para-hydroxylation sites is 4. The van der Waals surface area contributed by atoms with E-state index in [0.29, 0.717) is 0 Å². The van der Waals surface area contributed by atoms with Crippen LogP contribution in [0.2, 0.25) is 0 Å². The molecule has 0 spiro atoms. The molecule has 2 aromatic heterocycles. The molecule has 0 aliphatic rings. The fourth-order valence-electron chi connectivity index (χ4n) is 7.94. The summed E-state index contributed by atoms with van der Waals surface area (Å²) < 4.78 is 4.90. The second kappa shape index (κ2) is 11.5. The molecule has 0 radical (unpaired) electrons. The molecule has 0 bridgehead atoms. The zero-order valence-corrected chi connectivity index (χ0v) is 27.4. The van der Waals surface area contributed by atoms with Crippen molar-refractivity contribution in [3.63, 3.8) is 0 Å². The molecule has 8 aromatic carbocycles. The summed E-state index contributed by atoms with van der Waals surface area (Å²) in [7, 11) is 0. The maximum Gasteiger partial charge on any atom is 0.0619 e. The van der Waals surface area contributed by atoms with E-state index < -0.39 is 0 Å². The largest absolute Gasteiger partial charge is 0.309 e. The van der Waals surface area contributed by atoms with E-state index in [1.807, 2.05) is 0 Å². The summed E-state index contributed by atoms with van der Waals surface area (Å²) in [6.45, 7) is 0. The minimum absolute atomic E-state index is 1.14. The summed E-state index contributed by atoms with van der Waals surface area (Å²) in [4.78, 5) is 0. The van der Waals surface area contributed by atoms with Crippen molar-refractivity contribution in [3.05, 3.63) is 194 Å². The second-order valence-corrected chi connectivity index (χ2v) is 12.9. The summed E-state index contributed by atoms with van der Waals surface area (Å²) >= 11 is 0. The number of benzene rings is 8. The molecule has 0 amide bonds. The first-order chi connectivity index (χ1) is 24.8. The number of nitrogens with zero attached hydrogens (tertiary/aromatic N) is 2. The van der Waals surface area contributed by atoms with Crippen molar-refractivity contribution in [2.45, 2.75) is 0 Å². The minimum Gasteiger partial charge on any atom is -0.309 e. The lowest BCUT2D eigenvalue weighted by Gasteiger charge is -2.16. The van der Waals surface area contributed by atoms with Crippen LogP contribution < -0.4 is 0 Å². The summed E-state index contributed by atoms with van der Waals surface area (Å²) in [5, 5.41) is 5.00. The van der Waals surface area contributed by atoms with E-state index in [2.05, 4.69) is 203 Å². The van der Waals surface area contributed by atoms with Crippen molar-refractivity contribution in [2.75, 3.05) is 0 Å². The van der Waals surface area contributed by atoms with Crippen LogP contribution in [-0.2, 0) is 0 Å². The number of aromatic nitrogens is 2. The zero-order valence-electron chi connectivity index (χ0n) is 27.4. The van der Waals surface area contributed by atoms with Gasteiger partial charge in [0.05, 0.1) is 22.1 Å². The maximum atomic E-state index is 2.49. The molecule has 10 aromatic rings. The van der Waals surface area contributed by atoms with Gasteiger partial charge < -0.3 is 9.13 Å². The van der Waals surface area contributed by atoms with Crippen LogP contribution in [0.3, 0.4) is 0 Å². The summed E-state index contributed by atoms with van der Waals surface area (Å²) in [5.41, 5.74) is 14.3. The molecule has 234 valence electrons. The Kier molecular flexibility index (Phi) is 6.53. The topological polar surface area (TPSA) is 9.86 Å². The first-order valence-corrected chi connectivity index (χ1v) is 17.2. The standard InChI is InChI=1S/C48H32N2/c1-4-16-33(17-5-1)35-30-36(34-18-6-2-7-19-34)32-38(31-35)50-44-27-12-10-22-39(44)41-25-14-26-42(48(41)50)40-24-15-29-46-47(40)43-23-11-13-28-45(43)49(46)37-20-8-3-9-21-37/h1-32H. The van der Waals surface area contributed by atoms with E-state index >= 15 is 0 Å². The molecule has 50 heavy (non-hydrogen) atoms. The number of rotatable bonds is 5. The predicted octanol–water partition coefficient (Wildman–Crippen LogP) is 12.9. The third kappa shape index (κ3) is 4.43. The lowest BCUT2D eigenvalue weighted by Crippen LogP contribution is -1.98. The van der Waals surface area contributed by atoms with E-state index in [1.54, 1.807) is 0 Å². The Morgan fingerprint density at radius 1 is 0.280 bits per heavy atom. The smallest absolute Gasteiger partial charge is 0.0619 e. The van der Waals surface area contributed by atoms with E-state index in [-0.39, 0.29) is 0 Å². The Morgan fingerprint density at radius 3 is 1.46 bits per heavy atom. The average molecular weight is 637 g/mol. The van der Waals surface area contributed by atoms with Crippen molar-refractivity contribution in [1.29, 1.82) is 0 Å². The highest BCUT2D eigenvalue weighted by atomic mass is 15.0. The van der Waals surface area contributed by atoms with Gasteiger partial charge in [0, 0.05) is 38.5 Å². The number of hydrogen-bond donors (Lipinski definition) is 0. The second-order valence-electron chi connectivity index (χ2n) is 12.9. The molecule has 0 saturated carbocycles. The van der Waals surface area contributed by atoms with Crippen LogP contribution >= 0.6 is 0 Å². The molecule has 0 N–H and O–H groups in total. The van der Waals surface area contributed by atoms with Gasteiger partial charge in [0.1, 0.15) is 0 Å².